The van der Waals surface area contributed by atoms with Crippen molar-refractivity contribution in [3.63, 3.8) is 0 Å². The maximum atomic E-state index is 14.2. The predicted molar refractivity (Wildman–Crippen MR) is 201 cm³/mol. The van der Waals surface area contributed by atoms with Gasteiger partial charge in [0.2, 0.25) is 5.91 Å². The van der Waals surface area contributed by atoms with Crippen molar-refractivity contribution in [2.75, 3.05) is 5.75 Å². The minimum absolute atomic E-state index is 0.0573. The third-order valence-electron chi connectivity index (χ3n) is 7.47. The van der Waals surface area contributed by atoms with Crippen LogP contribution in [-0.2, 0) is 21.0 Å². The number of nitrogens with zero attached hydrogens (tertiary/aromatic N) is 2. The maximum Gasteiger partial charge on any atom is 0.285 e. The number of carbonyl (C=O) groups excluding carboxylic acids is 3. The Morgan fingerprint density at radius 1 is 1.00 bits per heavy atom. The molecule has 252 valence electrons. The Morgan fingerprint density at radius 3 is 2.34 bits per heavy atom. The van der Waals surface area contributed by atoms with Crippen molar-refractivity contribution in [2.45, 2.75) is 19.6 Å². The smallest absolute Gasteiger partial charge is 0.285 e. The molecule has 0 aliphatic carbocycles. The molecule has 1 aliphatic heterocycles. The highest BCUT2D eigenvalue weighted by Gasteiger charge is 2.35. The molecular weight excluding hydrogens is 717 g/mol. The normalized spacial score (nSPS) is 14.3. The summed E-state index contributed by atoms with van der Waals surface area (Å²) >= 11 is 4.43. The van der Waals surface area contributed by atoms with Crippen molar-refractivity contribution in [2.24, 2.45) is 4.99 Å². The SMILES string of the molecule is C=C/C=C\C(=C/C)N1C(=O)/C(=C/c2cc(Br)ccc2OCc2cccc(F)c2)C(=O)N=C1SCC(=O)NC(c1ccccc1)c1ccccc1. The first-order valence-corrected chi connectivity index (χ1v) is 17.4. The summed E-state index contributed by atoms with van der Waals surface area (Å²) in [7, 11) is 0. The molecule has 7 nitrogen and oxygen atoms in total. The quantitative estimate of drug-likeness (QED) is 0.0891. The van der Waals surface area contributed by atoms with Crippen LogP contribution in [-0.4, -0.2) is 33.5 Å². The Labute approximate surface area is 303 Å². The molecule has 10 heteroatoms. The standard InChI is InChI=1S/C40H33BrFN3O4S/c1-3-5-19-33(4-2)45-39(48)34(24-30-23-31(41)20-21-35(30)49-25-27-13-12-18-32(42)22-27)38(47)44-40(45)50-26-36(46)43-37(28-14-8-6-9-15-28)29-16-10-7-11-17-29/h3-24,37H,1,25-26H2,2H3,(H,43,46)/b19-5-,33-4+,34-24+. The highest BCUT2D eigenvalue weighted by atomic mass is 79.9. The van der Waals surface area contributed by atoms with Crippen LogP contribution in [0.4, 0.5) is 4.39 Å². The van der Waals surface area contributed by atoms with Gasteiger partial charge in [-0.15, -0.1) is 0 Å². The average Bonchev–Trinajstić information content (AvgIpc) is 3.13. The van der Waals surface area contributed by atoms with Crippen LogP contribution in [0.15, 0.2) is 155 Å². The van der Waals surface area contributed by atoms with E-state index in [2.05, 4.69) is 32.8 Å². The van der Waals surface area contributed by atoms with E-state index >= 15 is 0 Å². The molecule has 0 spiro atoms. The molecule has 0 saturated carbocycles. The summed E-state index contributed by atoms with van der Waals surface area (Å²) in [5.41, 5.74) is 3.10. The predicted octanol–water partition coefficient (Wildman–Crippen LogP) is 8.56. The first-order valence-electron chi connectivity index (χ1n) is 15.6. The number of benzene rings is 4. The van der Waals surface area contributed by atoms with E-state index in [-0.39, 0.29) is 34.8 Å². The summed E-state index contributed by atoms with van der Waals surface area (Å²) in [6.45, 7) is 5.54. The van der Waals surface area contributed by atoms with E-state index < -0.39 is 17.9 Å². The molecule has 0 bridgehead atoms. The lowest BCUT2D eigenvalue weighted by atomic mass is 9.99. The third kappa shape index (κ3) is 9.22. The number of halogens is 2. The number of carbonyl (C=O) groups is 3. The van der Waals surface area contributed by atoms with E-state index in [4.69, 9.17) is 4.74 Å². The number of nitrogens with one attached hydrogen (secondary N) is 1. The van der Waals surface area contributed by atoms with Gasteiger partial charge in [0.15, 0.2) is 5.17 Å². The average molecular weight is 751 g/mol. The Balaban J connectivity index is 1.43. The van der Waals surface area contributed by atoms with E-state index in [0.29, 0.717) is 27.0 Å². The maximum absolute atomic E-state index is 14.2. The molecule has 0 fully saturated rings. The molecule has 50 heavy (non-hydrogen) atoms. The number of hydrogen-bond acceptors (Lipinski definition) is 5. The van der Waals surface area contributed by atoms with Crippen LogP contribution in [0.5, 0.6) is 5.75 Å². The van der Waals surface area contributed by atoms with Gasteiger partial charge in [0.05, 0.1) is 11.8 Å². The number of allylic oxidation sites excluding steroid dienone is 4. The van der Waals surface area contributed by atoms with E-state index in [1.807, 2.05) is 60.7 Å². The minimum Gasteiger partial charge on any atom is -0.488 e. The first kappa shape index (κ1) is 36.0. The van der Waals surface area contributed by atoms with Crippen molar-refractivity contribution in [3.05, 3.63) is 178 Å². The summed E-state index contributed by atoms with van der Waals surface area (Å²) in [5, 5.41) is 3.15. The summed E-state index contributed by atoms with van der Waals surface area (Å²) in [6, 6.07) is 30.0. The molecule has 4 aromatic rings. The number of hydrogen-bond donors (Lipinski definition) is 1. The fourth-order valence-corrected chi connectivity index (χ4v) is 6.29. The summed E-state index contributed by atoms with van der Waals surface area (Å²) in [4.78, 5) is 46.7. The zero-order chi connectivity index (χ0) is 35.5. The van der Waals surface area contributed by atoms with Gasteiger partial charge in [-0.2, -0.15) is 4.99 Å². The van der Waals surface area contributed by atoms with Crippen molar-refractivity contribution in [1.29, 1.82) is 0 Å². The van der Waals surface area contributed by atoms with Crippen molar-refractivity contribution in [1.82, 2.24) is 10.2 Å². The molecule has 0 unspecified atom stereocenters. The van der Waals surface area contributed by atoms with Crippen molar-refractivity contribution >= 4 is 56.7 Å². The molecular formula is C40H33BrFN3O4S. The van der Waals surface area contributed by atoms with Crippen LogP contribution < -0.4 is 10.1 Å². The van der Waals surface area contributed by atoms with E-state index in [9.17, 15) is 18.8 Å². The monoisotopic (exact) mass is 749 g/mol. The molecule has 5 rings (SSSR count). The van der Waals surface area contributed by atoms with Gasteiger partial charge in [-0.05, 0) is 66.1 Å². The molecule has 1 N–H and O–H groups in total. The summed E-state index contributed by atoms with van der Waals surface area (Å²) < 4.78 is 20.4. The first-order chi connectivity index (χ1) is 24.3. The van der Waals surface area contributed by atoms with Gasteiger partial charge in [0.25, 0.3) is 11.8 Å². The Bertz CT molecular complexity index is 1970. The lowest BCUT2D eigenvalue weighted by Crippen LogP contribution is -2.42. The molecule has 3 amide bonds. The Hall–Kier alpha value is -5.32. The lowest BCUT2D eigenvalue weighted by molar-refractivity contribution is -0.126. The van der Waals surface area contributed by atoms with Crippen LogP contribution in [0, 0.1) is 5.82 Å². The molecule has 0 atom stereocenters. The highest BCUT2D eigenvalue weighted by Crippen LogP contribution is 2.31. The highest BCUT2D eigenvalue weighted by molar-refractivity contribution is 9.10. The fraction of sp³-hybridized carbons (Fsp3) is 0.100. The number of ether oxygens (including phenoxy) is 1. The van der Waals surface area contributed by atoms with E-state index in [0.717, 1.165) is 22.9 Å². The number of aliphatic imine (C=N–C) groups is 1. The van der Waals surface area contributed by atoms with Gasteiger partial charge >= 0.3 is 0 Å². The fourth-order valence-electron chi connectivity index (χ4n) is 5.10. The molecule has 1 aliphatic rings. The summed E-state index contributed by atoms with van der Waals surface area (Å²) in [5.74, 6) is -1.82. The van der Waals surface area contributed by atoms with Gasteiger partial charge in [-0.1, -0.05) is 125 Å². The Kier molecular flexibility index (Phi) is 12.5. The summed E-state index contributed by atoms with van der Waals surface area (Å²) in [6.07, 6.45) is 8.02. The number of amidine groups is 1. The molecule has 0 saturated heterocycles. The van der Waals surface area contributed by atoms with Gasteiger partial charge in [-0.25, -0.2) is 4.39 Å². The van der Waals surface area contributed by atoms with Crippen LogP contribution in [0.25, 0.3) is 6.08 Å². The second-order valence-electron chi connectivity index (χ2n) is 10.9. The number of rotatable bonds is 12. The van der Waals surface area contributed by atoms with Gasteiger partial charge in [0.1, 0.15) is 23.7 Å². The Morgan fingerprint density at radius 2 is 1.70 bits per heavy atom. The van der Waals surface area contributed by atoms with Gasteiger partial charge in [-0.3, -0.25) is 19.3 Å². The zero-order valence-electron chi connectivity index (χ0n) is 27.1. The van der Waals surface area contributed by atoms with Crippen LogP contribution in [0.2, 0.25) is 0 Å². The molecule has 1 heterocycles. The van der Waals surface area contributed by atoms with E-state index in [1.54, 1.807) is 61.6 Å². The topological polar surface area (TPSA) is 88.1 Å². The van der Waals surface area contributed by atoms with Gasteiger partial charge < -0.3 is 10.1 Å². The zero-order valence-corrected chi connectivity index (χ0v) is 29.5. The van der Waals surface area contributed by atoms with Crippen molar-refractivity contribution < 1.29 is 23.5 Å². The third-order valence-corrected chi connectivity index (χ3v) is 8.90. The van der Waals surface area contributed by atoms with Crippen molar-refractivity contribution in [3.8, 4) is 5.75 Å². The van der Waals surface area contributed by atoms with Crippen LogP contribution in [0.3, 0.4) is 0 Å². The molecule has 0 radical (unpaired) electrons. The number of amides is 3. The van der Waals surface area contributed by atoms with Crippen LogP contribution >= 0.6 is 27.7 Å². The second kappa shape index (κ2) is 17.4. The number of thioether (sulfide) groups is 1. The lowest BCUT2D eigenvalue weighted by Gasteiger charge is -2.28. The second-order valence-corrected chi connectivity index (χ2v) is 12.8. The van der Waals surface area contributed by atoms with Gasteiger partial charge in [0, 0.05) is 15.7 Å². The molecule has 0 aromatic heterocycles. The largest absolute Gasteiger partial charge is 0.488 e. The molecule has 4 aromatic carbocycles. The minimum atomic E-state index is -0.764. The van der Waals surface area contributed by atoms with Crippen LogP contribution in [0.1, 0.15) is 35.2 Å². The van der Waals surface area contributed by atoms with E-state index in [1.165, 1.54) is 23.1 Å².